The van der Waals surface area contributed by atoms with Gasteiger partial charge in [-0.15, -0.1) is 0 Å². The molecular weight excluding hydrogens is 620 g/mol. The van der Waals surface area contributed by atoms with Crippen molar-refractivity contribution >= 4 is 42.9 Å². The van der Waals surface area contributed by atoms with Gasteiger partial charge in [-0.1, -0.05) is 81.0 Å². The highest BCUT2D eigenvalue weighted by molar-refractivity contribution is 7.96. The third-order valence-electron chi connectivity index (χ3n) is 8.36. The largest absolute Gasteiger partial charge is 0.492 e. The minimum Gasteiger partial charge on any atom is -0.492 e. The molecule has 2 heterocycles. The fraction of sp³-hybridized carbons (Fsp3) is 0.424. The van der Waals surface area contributed by atoms with E-state index in [1.165, 1.54) is 24.3 Å². The molecule has 0 aliphatic carbocycles. The number of para-hydroxylation sites is 1. The van der Waals surface area contributed by atoms with Gasteiger partial charge >= 0.3 is 0 Å². The Morgan fingerprint density at radius 3 is 2.25 bits per heavy atom. The summed E-state index contributed by atoms with van der Waals surface area (Å²) in [5, 5.41) is -0.738. The van der Waals surface area contributed by atoms with Crippen LogP contribution in [0.15, 0.2) is 76.5 Å². The Labute approximate surface area is 265 Å². The van der Waals surface area contributed by atoms with Crippen molar-refractivity contribution in [1.29, 1.82) is 0 Å². The molecule has 2 aliphatic rings. The summed E-state index contributed by atoms with van der Waals surface area (Å²) in [6.45, 7) is 4.37. The van der Waals surface area contributed by atoms with Crippen LogP contribution in [-0.2, 0) is 19.7 Å². The summed E-state index contributed by atoms with van der Waals surface area (Å²) in [6.07, 6.45) is 6.09. The number of piperazine rings is 1. The maximum absolute atomic E-state index is 14.0. The molecule has 3 aromatic rings. The minimum absolute atomic E-state index is 0.0300. The number of hydrogen-bond donors (Lipinski definition) is 0. The smallest absolute Gasteiger partial charge is 0.257 e. The molecule has 0 radical (unpaired) electrons. The Morgan fingerprint density at radius 1 is 0.886 bits per heavy atom. The standard InChI is InChI=1S/C33H39ClN2O6S2/c1-2-3-4-5-6-12-23-42-32-26(33(37)36-21-19-35(20-22-36)28-16-11-10-15-27(28)34)17-18-29-31(32)30(24-43(29,38)39)44(40,41)25-13-8-7-9-14-25/h7-11,13-18,30H,2-6,12,19-24H2,1H3. The van der Waals surface area contributed by atoms with Gasteiger partial charge in [-0.25, -0.2) is 16.8 Å². The molecule has 1 unspecified atom stereocenters. The lowest BCUT2D eigenvalue weighted by Crippen LogP contribution is -2.49. The first-order chi connectivity index (χ1) is 21.1. The first-order valence-corrected chi connectivity index (χ1v) is 18.8. The predicted octanol–water partition coefficient (Wildman–Crippen LogP) is 6.34. The number of fused-ring (bicyclic) bond motifs is 1. The van der Waals surface area contributed by atoms with Crippen LogP contribution < -0.4 is 9.64 Å². The lowest BCUT2D eigenvalue weighted by molar-refractivity contribution is 0.0741. The number of halogens is 1. The molecule has 0 bridgehead atoms. The number of unbranched alkanes of at least 4 members (excludes halogenated alkanes) is 5. The van der Waals surface area contributed by atoms with Crippen LogP contribution in [0, 0.1) is 0 Å². The molecule has 2 aliphatic heterocycles. The minimum atomic E-state index is -4.10. The molecule has 3 aromatic carbocycles. The number of benzene rings is 3. The van der Waals surface area contributed by atoms with Gasteiger partial charge in [0, 0.05) is 31.7 Å². The van der Waals surface area contributed by atoms with Crippen LogP contribution in [0.1, 0.15) is 66.6 Å². The van der Waals surface area contributed by atoms with Crippen molar-refractivity contribution in [1.82, 2.24) is 4.90 Å². The van der Waals surface area contributed by atoms with E-state index >= 15 is 0 Å². The fourth-order valence-corrected chi connectivity index (χ4v) is 10.5. The molecule has 5 rings (SSSR count). The van der Waals surface area contributed by atoms with Gasteiger partial charge in [0.15, 0.2) is 19.7 Å². The fourth-order valence-electron chi connectivity index (χ4n) is 5.96. The van der Waals surface area contributed by atoms with Crippen molar-refractivity contribution in [2.24, 2.45) is 0 Å². The van der Waals surface area contributed by atoms with Crippen LogP contribution in [0.4, 0.5) is 5.69 Å². The molecule has 1 fully saturated rings. The Hall–Kier alpha value is -3.08. The molecule has 1 atom stereocenters. The van der Waals surface area contributed by atoms with Gasteiger partial charge in [0.05, 0.1) is 38.4 Å². The number of hydrogen-bond acceptors (Lipinski definition) is 7. The highest BCUT2D eigenvalue weighted by atomic mass is 35.5. The van der Waals surface area contributed by atoms with Gasteiger partial charge in [-0.05, 0) is 42.8 Å². The number of carbonyl (C=O) groups excluding carboxylic acids is 1. The quantitative estimate of drug-likeness (QED) is 0.209. The van der Waals surface area contributed by atoms with Gasteiger partial charge < -0.3 is 14.5 Å². The third-order valence-corrected chi connectivity index (χ3v) is 12.8. The van der Waals surface area contributed by atoms with Gasteiger partial charge in [0.25, 0.3) is 5.91 Å². The van der Waals surface area contributed by atoms with Crippen LogP contribution in [0.3, 0.4) is 0 Å². The number of ether oxygens (including phenoxy) is 1. The molecular formula is C33H39ClN2O6S2. The molecule has 0 spiro atoms. The molecule has 11 heteroatoms. The van der Waals surface area contributed by atoms with Gasteiger partial charge in [0.2, 0.25) is 0 Å². The second-order valence-corrected chi connectivity index (χ2v) is 15.9. The monoisotopic (exact) mass is 658 g/mol. The molecule has 44 heavy (non-hydrogen) atoms. The first-order valence-electron chi connectivity index (χ1n) is 15.3. The Bertz CT molecular complexity index is 1690. The van der Waals surface area contributed by atoms with Crippen LogP contribution in [0.5, 0.6) is 5.75 Å². The van der Waals surface area contributed by atoms with E-state index in [0.29, 0.717) is 37.6 Å². The number of rotatable bonds is 12. The van der Waals surface area contributed by atoms with Crippen molar-refractivity contribution in [2.75, 3.05) is 43.4 Å². The van der Waals surface area contributed by atoms with Gasteiger partial charge in [-0.3, -0.25) is 4.79 Å². The average Bonchev–Trinajstić information content (AvgIpc) is 3.32. The van der Waals surface area contributed by atoms with Gasteiger partial charge in [-0.2, -0.15) is 0 Å². The highest BCUT2D eigenvalue weighted by Crippen LogP contribution is 2.47. The van der Waals surface area contributed by atoms with Crippen molar-refractivity contribution in [3.63, 3.8) is 0 Å². The molecule has 8 nitrogen and oxygen atoms in total. The summed E-state index contributed by atoms with van der Waals surface area (Å²) in [4.78, 5) is 17.8. The normalized spacial score (nSPS) is 17.8. The lowest BCUT2D eigenvalue weighted by atomic mass is 10.0. The first kappa shape index (κ1) is 32.3. The van der Waals surface area contributed by atoms with E-state index in [1.54, 1.807) is 23.1 Å². The number of carbonyl (C=O) groups is 1. The summed E-state index contributed by atoms with van der Waals surface area (Å²) in [6, 6.07) is 18.3. The third kappa shape index (κ3) is 6.77. The van der Waals surface area contributed by atoms with E-state index in [1.807, 2.05) is 24.3 Å². The molecule has 1 amide bonds. The maximum atomic E-state index is 14.0. The zero-order valence-electron chi connectivity index (χ0n) is 25.0. The number of nitrogens with zero attached hydrogens (tertiary/aromatic N) is 2. The van der Waals surface area contributed by atoms with Crippen molar-refractivity contribution in [3.8, 4) is 5.75 Å². The molecule has 0 saturated carbocycles. The number of anilines is 1. The summed E-state index contributed by atoms with van der Waals surface area (Å²) >= 11 is 6.40. The number of sulfone groups is 2. The van der Waals surface area contributed by atoms with E-state index in [-0.39, 0.29) is 39.2 Å². The second-order valence-electron chi connectivity index (χ2n) is 11.3. The summed E-state index contributed by atoms with van der Waals surface area (Å²) in [5.41, 5.74) is 1.16. The summed E-state index contributed by atoms with van der Waals surface area (Å²) in [5.74, 6) is -0.842. The molecule has 0 aromatic heterocycles. The van der Waals surface area contributed by atoms with Crippen molar-refractivity contribution in [3.05, 3.63) is 82.9 Å². The van der Waals surface area contributed by atoms with E-state index in [0.717, 1.165) is 37.8 Å². The van der Waals surface area contributed by atoms with Crippen LogP contribution in [-0.4, -0.2) is 66.2 Å². The van der Waals surface area contributed by atoms with E-state index < -0.39 is 30.7 Å². The molecule has 0 N–H and O–H groups in total. The zero-order chi connectivity index (χ0) is 31.3. The van der Waals surface area contributed by atoms with Crippen LogP contribution in [0.2, 0.25) is 5.02 Å². The van der Waals surface area contributed by atoms with E-state index in [4.69, 9.17) is 16.3 Å². The van der Waals surface area contributed by atoms with E-state index in [2.05, 4.69) is 11.8 Å². The summed E-state index contributed by atoms with van der Waals surface area (Å²) in [7, 11) is -8.03. The Morgan fingerprint density at radius 2 is 1.55 bits per heavy atom. The van der Waals surface area contributed by atoms with Crippen molar-refractivity contribution in [2.45, 2.75) is 60.5 Å². The number of amides is 1. The average molecular weight is 659 g/mol. The highest BCUT2D eigenvalue weighted by Gasteiger charge is 2.46. The Kier molecular flexibility index (Phi) is 10.2. The van der Waals surface area contributed by atoms with Gasteiger partial charge in [0.1, 0.15) is 11.0 Å². The topological polar surface area (TPSA) is 101 Å². The predicted molar refractivity (Wildman–Crippen MR) is 173 cm³/mol. The molecule has 1 saturated heterocycles. The second kappa shape index (κ2) is 13.9. The van der Waals surface area contributed by atoms with Crippen molar-refractivity contribution < 1.29 is 26.4 Å². The summed E-state index contributed by atoms with van der Waals surface area (Å²) < 4.78 is 60.6. The molecule has 236 valence electrons. The lowest BCUT2D eigenvalue weighted by Gasteiger charge is -2.36. The SMILES string of the molecule is CCCCCCCCOc1c(C(=O)N2CCN(c3ccccc3Cl)CC2)ccc2c1C(S(=O)(=O)c1ccccc1)CS2(=O)=O. The van der Waals surface area contributed by atoms with E-state index in [9.17, 15) is 21.6 Å². The maximum Gasteiger partial charge on any atom is 0.257 e. The zero-order valence-corrected chi connectivity index (χ0v) is 27.3. The Balaban J connectivity index is 1.47. The van der Waals surface area contributed by atoms with Crippen LogP contribution in [0.25, 0.3) is 0 Å². The van der Waals surface area contributed by atoms with Crippen LogP contribution >= 0.6 is 11.6 Å².